The molecule has 0 amide bonds. The fraction of sp³-hybridized carbons (Fsp3) is 0.0312. The summed E-state index contributed by atoms with van der Waals surface area (Å²) in [4.78, 5) is 12.6. The van der Waals surface area contributed by atoms with Crippen molar-refractivity contribution in [3.63, 3.8) is 0 Å². The SMILES string of the molecule is COC(=O)c1cc(OP(c2ccccc2)c2ccccc2)[c-]c(OP(c2ccccc2)c2ccccc2)c1. The molecule has 0 aliphatic rings. The molecule has 0 spiro atoms. The molecule has 38 heavy (non-hydrogen) atoms. The molecule has 0 saturated carbocycles. The Kier molecular flexibility index (Phi) is 8.46. The van der Waals surface area contributed by atoms with Gasteiger partial charge in [-0.15, -0.1) is 12.1 Å². The molecule has 0 atom stereocenters. The summed E-state index contributed by atoms with van der Waals surface area (Å²) in [6, 6.07) is 46.8. The van der Waals surface area contributed by atoms with Crippen LogP contribution in [-0.4, -0.2) is 13.1 Å². The molecule has 4 nitrogen and oxygen atoms in total. The Labute approximate surface area is 225 Å². The van der Waals surface area contributed by atoms with Gasteiger partial charge in [-0.1, -0.05) is 127 Å². The first-order valence-electron chi connectivity index (χ1n) is 12.0. The van der Waals surface area contributed by atoms with Crippen LogP contribution in [-0.2, 0) is 4.74 Å². The highest BCUT2D eigenvalue weighted by Crippen LogP contribution is 2.41. The smallest absolute Gasteiger partial charge is 0.313 e. The van der Waals surface area contributed by atoms with E-state index in [2.05, 4.69) is 6.07 Å². The van der Waals surface area contributed by atoms with Crippen LogP contribution in [0.4, 0.5) is 0 Å². The number of carbonyl (C=O) groups excluding carboxylic acids is 1. The minimum absolute atomic E-state index is 0.336. The van der Waals surface area contributed by atoms with E-state index in [1.165, 1.54) is 7.11 Å². The third-order valence-corrected chi connectivity index (χ3v) is 9.41. The van der Waals surface area contributed by atoms with Crippen LogP contribution in [0.5, 0.6) is 11.5 Å². The van der Waals surface area contributed by atoms with Crippen LogP contribution in [0.1, 0.15) is 10.4 Å². The van der Waals surface area contributed by atoms with Crippen LogP contribution in [0, 0.1) is 6.07 Å². The summed E-state index contributed by atoms with van der Waals surface area (Å²) in [7, 11) is -1.07. The predicted octanol–water partition coefficient (Wildman–Crippen LogP) is 6.13. The second-order valence-corrected chi connectivity index (χ2v) is 11.8. The van der Waals surface area contributed by atoms with Crippen LogP contribution in [0.25, 0.3) is 0 Å². The molecule has 188 valence electrons. The summed E-state index contributed by atoms with van der Waals surface area (Å²) in [6.45, 7) is 0. The van der Waals surface area contributed by atoms with Crippen molar-refractivity contribution in [2.24, 2.45) is 0 Å². The number of hydrogen-bond donors (Lipinski definition) is 0. The average Bonchev–Trinajstić information content (AvgIpc) is 3.00. The van der Waals surface area contributed by atoms with E-state index in [4.69, 9.17) is 13.8 Å². The van der Waals surface area contributed by atoms with Gasteiger partial charge in [-0.3, -0.25) is 0 Å². The van der Waals surface area contributed by atoms with Crippen LogP contribution < -0.4 is 30.3 Å². The maximum atomic E-state index is 12.6. The van der Waals surface area contributed by atoms with Crippen molar-refractivity contribution < 1.29 is 18.6 Å². The lowest BCUT2D eigenvalue weighted by molar-refractivity contribution is 0.0600. The van der Waals surface area contributed by atoms with Gasteiger partial charge < -0.3 is 13.8 Å². The topological polar surface area (TPSA) is 44.8 Å². The van der Waals surface area contributed by atoms with Crippen LogP contribution in [0.2, 0.25) is 0 Å². The lowest BCUT2D eigenvalue weighted by atomic mass is 10.2. The monoisotopic (exact) mass is 535 g/mol. The minimum Gasteiger partial charge on any atom is -0.490 e. The second kappa shape index (κ2) is 12.5. The van der Waals surface area contributed by atoms with Gasteiger partial charge in [-0.2, -0.15) is 0 Å². The van der Waals surface area contributed by atoms with Crippen LogP contribution in [0.3, 0.4) is 0 Å². The van der Waals surface area contributed by atoms with Gasteiger partial charge in [-0.25, -0.2) is 4.79 Å². The Morgan fingerprint density at radius 1 is 0.553 bits per heavy atom. The molecule has 0 heterocycles. The predicted molar refractivity (Wildman–Crippen MR) is 156 cm³/mol. The van der Waals surface area contributed by atoms with Crippen molar-refractivity contribution in [2.75, 3.05) is 7.11 Å². The van der Waals surface area contributed by atoms with Gasteiger partial charge in [0.2, 0.25) is 0 Å². The van der Waals surface area contributed by atoms with Crippen molar-refractivity contribution in [3.8, 4) is 11.5 Å². The molecule has 0 fully saturated rings. The first-order valence-corrected chi connectivity index (χ1v) is 14.6. The highest BCUT2D eigenvalue weighted by Gasteiger charge is 2.19. The molecule has 0 unspecified atom stereocenters. The van der Waals surface area contributed by atoms with E-state index < -0.39 is 22.3 Å². The lowest BCUT2D eigenvalue weighted by Crippen LogP contribution is -2.16. The van der Waals surface area contributed by atoms with Crippen LogP contribution >= 0.6 is 16.3 Å². The highest BCUT2D eigenvalue weighted by atomic mass is 31.1. The van der Waals surface area contributed by atoms with Gasteiger partial charge in [0.15, 0.2) is 0 Å². The summed E-state index contributed by atoms with van der Waals surface area (Å²) in [5.74, 6) is 0.358. The molecule has 5 aromatic carbocycles. The molecule has 5 rings (SSSR count). The first kappa shape index (κ1) is 25.7. The van der Waals surface area contributed by atoms with E-state index in [9.17, 15) is 4.79 Å². The van der Waals surface area contributed by atoms with E-state index in [1.807, 2.05) is 121 Å². The zero-order chi connectivity index (χ0) is 26.2. The van der Waals surface area contributed by atoms with Crippen LogP contribution in [0.15, 0.2) is 133 Å². The molecular formula is C32H25O4P2-. The van der Waals surface area contributed by atoms with Crippen molar-refractivity contribution in [1.82, 2.24) is 0 Å². The van der Waals surface area contributed by atoms with Gasteiger partial charge >= 0.3 is 5.97 Å². The third kappa shape index (κ3) is 6.29. The molecule has 0 aromatic heterocycles. The maximum absolute atomic E-state index is 12.6. The lowest BCUT2D eigenvalue weighted by Gasteiger charge is -2.26. The Morgan fingerprint density at radius 3 is 1.16 bits per heavy atom. The van der Waals surface area contributed by atoms with E-state index in [0.29, 0.717) is 17.1 Å². The van der Waals surface area contributed by atoms with Crippen molar-refractivity contribution in [3.05, 3.63) is 145 Å². The standard InChI is InChI=1S/C32H25O4P2/c1-34-32(33)25-22-26(35-37(28-14-6-2-7-15-28)29-16-8-3-9-17-29)24-27(23-25)36-38(30-18-10-4-11-19-30)31-20-12-5-13-21-31/h2-23H,1H3/q-1. The van der Waals surface area contributed by atoms with Gasteiger partial charge in [0.25, 0.3) is 0 Å². The second-order valence-electron chi connectivity index (χ2n) is 8.20. The van der Waals surface area contributed by atoms with Crippen molar-refractivity contribution >= 4 is 43.5 Å². The van der Waals surface area contributed by atoms with E-state index in [0.717, 1.165) is 21.2 Å². The molecular weight excluding hydrogens is 510 g/mol. The Balaban J connectivity index is 1.55. The number of esters is 1. The normalized spacial score (nSPS) is 10.8. The average molecular weight is 535 g/mol. The zero-order valence-electron chi connectivity index (χ0n) is 20.7. The number of ether oxygens (including phenoxy) is 1. The van der Waals surface area contributed by atoms with E-state index in [1.54, 1.807) is 12.1 Å². The Hall–Kier alpha value is -3.97. The first-order chi connectivity index (χ1) is 18.7. The largest absolute Gasteiger partial charge is 0.490 e. The number of benzene rings is 5. The number of hydrogen-bond acceptors (Lipinski definition) is 4. The summed E-state index contributed by atoms with van der Waals surface area (Å²) in [6.07, 6.45) is 0. The summed E-state index contributed by atoms with van der Waals surface area (Å²) in [5, 5.41) is 4.18. The fourth-order valence-corrected chi connectivity index (χ4v) is 7.19. The number of methoxy groups -OCH3 is 1. The quantitative estimate of drug-likeness (QED) is 0.130. The van der Waals surface area contributed by atoms with Gasteiger partial charge in [0.1, 0.15) is 16.3 Å². The van der Waals surface area contributed by atoms with Gasteiger partial charge in [-0.05, 0) is 5.56 Å². The number of rotatable bonds is 9. The Bertz CT molecular complexity index is 1280. The van der Waals surface area contributed by atoms with Gasteiger partial charge in [0, 0.05) is 32.7 Å². The maximum Gasteiger partial charge on any atom is 0.313 e. The molecule has 0 aliphatic heterocycles. The molecule has 0 bridgehead atoms. The summed E-state index contributed by atoms with van der Waals surface area (Å²) in [5.41, 5.74) is 0.336. The minimum atomic E-state index is -1.22. The number of carbonyl (C=O) groups is 1. The molecule has 0 saturated heterocycles. The zero-order valence-corrected chi connectivity index (χ0v) is 22.5. The highest BCUT2D eigenvalue weighted by molar-refractivity contribution is 7.69. The third-order valence-electron chi connectivity index (χ3n) is 5.58. The summed E-state index contributed by atoms with van der Waals surface area (Å²) < 4.78 is 18.2. The molecule has 0 aliphatic carbocycles. The molecule has 5 aromatic rings. The molecule has 0 N–H and O–H groups in total. The summed E-state index contributed by atoms with van der Waals surface area (Å²) >= 11 is 0. The molecule has 6 heteroatoms. The van der Waals surface area contributed by atoms with Gasteiger partial charge in [0.05, 0.1) is 7.11 Å². The van der Waals surface area contributed by atoms with E-state index >= 15 is 0 Å². The molecule has 0 radical (unpaired) electrons. The van der Waals surface area contributed by atoms with Crippen molar-refractivity contribution in [1.29, 1.82) is 0 Å². The Morgan fingerprint density at radius 2 is 0.868 bits per heavy atom. The fourth-order valence-electron chi connectivity index (χ4n) is 3.81. The van der Waals surface area contributed by atoms with E-state index in [-0.39, 0.29) is 0 Å². The van der Waals surface area contributed by atoms with Crippen molar-refractivity contribution in [2.45, 2.75) is 0 Å².